The Morgan fingerprint density at radius 3 is 2.71 bits per heavy atom. The summed E-state index contributed by atoms with van der Waals surface area (Å²) in [6.07, 6.45) is 8.06. The van der Waals surface area contributed by atoms with Gasteiger partial charge in [-0.15, -0.1) is 11.3 Å². The summed E-state index contributed by atoms with van der Waals surface area (Å²) in [6, 6.07) is 2.00. The van der Waals surface area contributed by atoms with Crippen LogP contribution in [0.1, 0.15) is 52.4 Å². The predicted molar refractivity (Wildman–Crippen MR) is 80.4 cm³/mol. The van der Waals surface area contributed by atoms with E-state index in [2.05, 4.69) is 24.5 Å². The van der Waals surface area contributed by atoms with E-state index in [4.69, 9.17) is 11.6 Å². The number of halogens is 1. The minimum absolute atomic E-state index is 0.862. The highest BCUT2D eigenvalue weighted by atomic mass is 35.5. The Balaban J connectivity index is 1.91. The Morgan fingerprint density at radius 1 is 1.29 bits per heavy atom. The Morgan fingerprint density at radius 2 is 2.06 bits per heavy atom. The van der Waals surface area contributed by atoms with Crippen LogP contribution in [0.3, 0.4) is 0 Å². The molecular weight excluding hydrogens is 250 g/mol. The molecule has 98 valence electrons. The fraction of sp³-hybridized carbons (Fsp3) is 0.714. The number of unbranched alkanes of at least 4 members (excludes halogenated alkanes) is 3. The molecule has 3 heteroatoms. The molecule has 1 N–H and O–H groups in total. The van der Waals surface area contributed by atoms with Crippen LogP contribution in [0, 0.1) is 5.92 Å². The van der Waals surface area contributed by atoms with E-state index in [0.29, 0.717) is 0 Å². The van der Waals surface area contributed by atoms with E-state index >= 15 is 0 Å². The first-order chi connectivity index (χ1) is 8.22. The summed E-state index contributed by atoms with van der Waals surface area (Å²) in [5.74, 6) is 0.904. The first kappa shape index (κ1) is 14.8. The molecule has 1 aromatic rings. The Labute approximate surface area is 115 Å². The molecule has 0 aromatic carbocycles. The lowest BCUT2D eigenvalue weighted by Gasteiger charge is -2.07. The molecule has 1 heterocycles. The van der Waals surface area contributed by atoms with Crippen molar-refractivity contribution in [1.82, 2.24) is 0 Å². The van der Waals surface area contributed by atoms with Crippen molar-refractivity contribution in [2.75, 3.05) is 11.9 Å². The third-order valence-electron chi connectivity index (χ3n) is 3.22. The van der Waals surface area contributed by atoms with Crippen LogP contribution in [0.2, 0.25) is 4.34 Å². The molecule has 1 aromatic heterocycles. The van der Waals surface area contributed by atoms with E-state index in [1.165, 1.54) is 44.2 Å². The molecule has 0 saturated heterocycles. The Hall–Kier alpha value is -0.210. The molecule has 0 spiro atoms. The smallest absolute Gasteiger partial charge is 0.0949 e. The lowest BCUT2D eigenvalue weighted by molar-refractivity contribution is 0.476. The van der Waals surface area contributed by atoms with Gasteiger partial charge in [0, 0.05) is 17.6 Å². The zero-order valence-electron chi connectivity index (χ0n) is 11.0. The van der Waals surface area contributed by atoms with Crippen LogP contribution < -0.4 is 5.32 Å². The largest absolute Gasteiger partial charge is 0.384 e. The van der Waals surface area contributed by atoms with Gasteiger partial charge >= 0.3 is 0 Å². The predicted octanol–water partition coefficient (Wildman–Crippen LogP) is 5.81. The summed E-state index contributed by atoms with van der Waals surface area (Å²) in [5, 5.41) is 5.48. The second kappa shape index (κ2) is 8.82. The normalized spacial score (nSPS) is 12.6. The summed E-state index contributed by atoms with van der Waals surface area (Å²) < 4.78 is 0.862. The van der Waals surface area contributed by atoms with Gasteiger partial charge in [-0.05, 0) is 18.4 Å². The first-order valence-corrected chi connectivity index (χ1v) is 7.96. The van der Waals surface area contributed by atoms with E-state index in [9.17, 15) is 0 Å². The topological polar surface area (TPSA) is 12.0 Å². The van der Waals surface area contributed by atoms with Crippen molar-refractivity contribution in [1.29, 1.82) is 0 Å². The third kappa shape index (κ3) is 6.95. The zero-order valence-corrected chi connectivity index (χ0v) is 12.5. The number of hydrogen-bond acceptors (Lipinski definition) is 2. The third-order valence-corrected chi connectivity index (χ3v) is 4.31. The van der Waals surface area contributed by atoms with Crippen molar-refractivity contribution < 1.29 is 0 Å². The van der Waals surface area contributed by atoms with Gasteiger partial charge in [0.2, 0.25) is 0 Å². The van der Waals surface area contributed by atoms with Gasteiger partial charge in [0.1, 0.15) is 0 Å². The van der Waals surface area contributed by atoms with E-state index in [0.717, 1.165) is 16.8 Å². The number of anilines is 1. The molecule has 0 bridgehead atoms. The highest BCUT2D eigenvalue weighted by Gasteiger charge is 1.99. The number of hydrogen-bond donors (Lipinski definition) is 1. The maximum atomic E-state index is 5.86. The summed E-state index contributed by atoms with van der Waals surface area (Å²) in [4.78, 5) is 0. The van der Waals surface area contributed by atoms with E-state index in [1.54, 1.807) is 11.3 Å². The number of nitrogens with one attached hydrogen (secondary N) is 1. The Kier molecular flexibility index (Phi) is 7.70. The highest BCUT2D eigenvalue weighted by molar-refractivity contribution is 7.14. The van der Waals surface area contributed by atoms with Gasteiger partial charge in [-0.1, -0.05) is 57.6 Å². The minimum Gasteiger partial charge on any atom is -0.384 e. The summed E-state index contributed by atoms with van der Waals surface area (Å²) in [5.41, 5.74) is 1.17. The van der Waals surface area contributed by atoms with E-state index in [-0.39, 0.29) is 0 Å². The maximum Gasteiger partial charge on any atom is 0.0949 e. The highest BCUT2D eigenvalue weighted by Crippen LogP contribution is 2.23. The van der Waals surface area contributed by atoms with Crippen LogP contribution >= 0.6 is 22.9 Å². The molecule has 1 nitrogen and oxygen atoms in total. The van der Waals surface area contributed by atoms with Gasteiger partial charge in [-0.2, -0.15) is 0 Å². The molecule has 1 atom stereocenters. The molecule has 0 amide bonds. The average Bonchev–Trinajstić information content (AvgIpc) is 2.73. The molecule has 0 fully saturated rings. The minimum atomic E-state index is 0.862. The Bertz CT molecular complexity index is 298. The summed E-state index contributed by atoms with van der Waals surface area (Å²) >= 11 is 7.45. The second-order valence-corrected chi connectivity index (χ2v) is 6.33. The summed E-state index contributed by atoms with van der Waals surface area (Å²) in [7, 11) is 0. The van der Waals surface area contributed by atoms with Gasteiger partial charge in [0.15, 0.2) is 0 Å². The van der Waals surface area contributed by atoms with Crippen LogP contribution in [0.15, 0.2) is 11.4 Å². The maximum absolute atomic E-state index is 5.86. The lowest BCUT2D eigenvalue weighted by Crippen LogP contribution is -2.00. The standard InChI is InChI=1S/C14H24ClNS/c1-3-12(2)8-6-4-5-7-9-16-13-10-14(15)17-11-13/h10-12,16H,3-9H2,1-2H3. The van der Waals surface area contributed by atoms with Crippen LogP contribution in [-0.2, 0) is 0 Å². The molecule has 0 radical (unpaired) electrons. The van der Waals surface area contributed by atoms with Crippen molar-refractivity contribution in [2.45, 2.75) is 52.4 Å². The molecule has 1 unspecified atom stereocenters. The van der Waals surface area contributed by atoms with Crippen LogP contribution in [0.5, 0.6) is 0 Å². The molecule has 17 heavy (non-hydrogen) atoms. The number of rotatable bonds is 9. The van der Waals surface area contributed by atoms with Gasteiger partial charge in [0.25, 0.3) is 0 Å². The molecule has 0 aliphatic heterocycles. The SMILES string of the molecule is CCC(C)CCCCCCNc1csc(Cl)c1. The average molecular weight is 274 g/mol. The van der Waals surface area contributed by atoms with Gasteiger partial charge < -0.3 is 5.32 Å². The molecule has 0 saturated carbocycles. The lowest BCUT2D eigenvalue weighted by atomic mass is 10.0. The number of thiophene rings is 1. The second-order valence-electron chi connectivity index (χ2n) is 4.78. The quantitative estimate of drug-likeness (QED) is 0.560. The van der Waals surface area contributed by atoms with Crippen molar-refractivity contribution in [2.24, 2.45) is 5.92 Å². The zero-order chi connectivity index (χ0) is 12.5. The molecule has 1 rings (SSSR count). The monoisotopic (exact) mass is 273 g/mol. The van der Waals surface area contributed by atoms with Gasteiger partial charge in [0.05, 0.1) is 4.34 Å². The fourth-order valence-corrected chi connectivity index (χ4v) is 2.65. The molecular formula is C14H24ClNS. The first-order valence-electron chi connectivity index (χ1n) is 6.70. The molecule has 0 aliphatic rings. The van der Waals surface area contributed by atoms with Crippen LogP contribution in [0.4, 0.5) is 5.69 Å². The fourth-order valence-electron chi connectivity index (χ4n) is 1.81. The van der Waals surface area contributed by atoms with Crippen LogP contribution in [-0.4, -0.2) is 6.54 Å². The van der Waals surface area contributed by atoms with Gasteiger partial charge in [-0.25, -0.2) is 0 Å². The van der Waals surface area contributed by atoms with Crippen molar-refractivity contribution >= 4 is 28.6 Å². The van der Waals surface area contributed by atoms with Crippen molar-refractivity contribution in [3.63, 3.8) is 0 Å². The van der Waals surface area contributed by atoms with Crippen molar-refractivity contribution in [3.05, 3.63) is 15.8 Å². The van der Waals surface area contributed by atoms with E-state index < -0.39 is 0 Å². The van der Waals surface area contributed by atoms with Crippen molar-refractivity contribution in [3.8, 4) is 0 Å². The van der Waals surface area contributed by atoms with Crippen LogP contribution in [0.25, 0.3) is 0 Å². The summed E-state index contributed by atoms with van der Waals surface area (Å²) in [6.45, 7) is 5.69. The molecule has 0 aliphatic carbocycles. The van der Waals surface area contributed by atoms with E-state index in [1.807, 2.05) is 6.07 Å². The van der Waals surface area contributed by atoms with Gasteiger partial charge in [-0.3, -0.25) is 0 Å².